The Bertz CT molecular complexity index is 1060. The van der Waals surface area contributed by atoms with Crippen molar-refractivity contribution >= 4 is 21.1 Å². The Balaban J connectivity index is 2.00. The first-order valence-corrected chi connectivity index (χ1v) is 9.24. The molecule has 0 saturated heterocycles. The molecule has 3 rings (SSSR count). The van der Waals surface area contributed by atoms with Crippen molar-refractivity contribution in [2.75, 3.05) is 6.61 Å². The summed E-state index contributed by atoms with van der Waals surface area (Å²) in [6.45, 7) is 1.12. The summed E-state index contributed by atoms with van der Waals surface area (Å²) in [6.07, 6.45) is -1.93. The predicted molar refractivity (Wildman–Crippen MR) is 91.2 cm³/mol. The summed E-state index contributed by atoms with van der Waals surface area (Å²) < 4.78 is 65.3. The largest absolute Gasteiger partial charge is 0.431 e. The standard InChI is InChI=1S/C16H15F3N4O3S/c1-9(8-24)23-27(25,26)14-3-2-10(7-21-14)11-4-5-20-15-12(11)6-13(22-15)16(17,18)19/h2-7,9,23-24H,8H2,1H3,(H,20,22). The smallest absolute Gasteiger partial charge is 0.395 e. The third kappa shape index (κ3) is 3.94. The molecule has 144 valence electrons. The highest BCUT2D eigenvalue weighted by Crippen LogP contribution is 2.34. The fourth-order valence-corrected chi connectivity index (χ4v) is 3.66. The SMILES string of the molecule is CC(CO)NS(=O)(=O)c1ccc(-c2ccnc3[nH]c(C(F)(F)F)cc23)cn1. The molecule has 0 saturated carbocycles. The van der Waals surface area contributed by atoms with Gasteiger partial charge in [0.15, 0.2) is 5.03 Å². The van der Waals surface area contributed by atoms with Crippen molar-refractivity contribution in [2.24, 2.45) is 0 Å². The van der Waals surface area contributed by atoms with Gasteiger partial charge in [0.25, 0.3) is 10.0 Å². The van der Waals surface area contributed by atoms with E-state index in [0.29, 0.717) is 11.1 Å². The minimum Gasteiger partial charge on any atom is -0.395 e. The molecule has 3 aromatic rings. The van der Waals surface area contributed by atoms with E-state index < -0.39 is 27.9 Å². The van der Waals surface area contributed by atoms with Crippen LogP contribution >= 0.6 is 0 Å². The first-order valence-electron chi connectivity index (χ1n) is 7.76. The number of fused-ring (bicyclic) bond motifs is 1. The molecular weight excluding hydrogens is 385 g/mol. The monoisotopic (exact) mass is 400 g/mol. The first-order chi connectivity index (χ1) is 12.6. The normalized spacial score (nSPS) is 13.8. The number of H-pyrrole nitrogens is 1. The second-order valence-corrected chi connectivity index (χ2v) is 7.55. The average molecular weight is 400 g/mol. The number of aliphatic hydroxyl groups is 1. The van der Waals surface area contributed by atoms with Gasteiger partial charge in [-0.15, -0.1) is 0 Å². The highest BCUT2D eigenvalue weighted by Gasteiger charge is 2.33. The minimum atomic E-state index is -4.54. The van der Waals surface area contributed by atoms with Crippen molar-refractivity contribution < 1.29 is 26.7 Å². The van der Waals surface area contributed by atoms with Crippen molar-refractivity contribution in [3.05, 3.63) is 42.4 Å². The van der Waals surface area contributed by atoms with Crippen LogP contribution in [-0.2, 0) is 16.2 Å². The van der Waals surface area contributed by atoms with Crippen LogP contribution in [0.25, 0.3) is 22.2 Å². The first kappa shape index (κ1) is 19.3. The molecular formula is C16H15F3N4O3S. The van der Waals surface area contributed by atoms with Crippen LogP contribution in [0.2, 0.25) is 0 Å². The lowest BCUT2D eigenvalue weighted by atomic mass is 10.1. The highest BCUT2D eigenvalue weighted by atomic mass is 32.2. The molecule has 0 amide bonds. The molecule has 11 heteroatoms. The van der Waals surface area contributed by atoms with Gasteiger partial charge in [0.05, 0.1) is 6.61 Å². The topological polar surface area (TPSA) is 108 Å². The molecule has 27 heavy (non-hydrogen) atoms. The van der Waals surface area contributed by atoms with Crippen LogP contribution in [0.15, 0.2) is 41.7 Å². The van der Waals surface area contributed by atoms with Crippen molar-refractivity contribution in [3.63, 3.8) is 0 Å². The Labute approximate surface area is 152 Å². The molecule has 0 aliphatic rings. The molecule has 0 bridgehead atoms. The fourth-order valence-electron chi connectivity index (χ4n) is 2.49. The van der Waals surface area contributed by atoms with Gasteiger partial charge in [-0.1, -0.05) is 0 Å². The van der Waals surface area contributed by atoms with Crippen LogP contribution in [0.4, 0.5) is 13.2 Å². The molecule has 0 fully saturated rings. The van der Waals surface area contributed by atoms with E-state index in [1.54, 1.807) is 0 Å². The summed E-state index contributed by atoms with van der Waals surface area (Å²) >= 11 is 0. The molecule has 3 N–H and O–H groups in total. The van der Waals surface area contributed by atoms with E-state index in [1.807, 2.05) is 0 Å². The van der Waals surface area contributed by atoms with Gasteiger partial charge in [-0.3, -0.25) is 0 Å². The van der Waals surface area contributed by atoms with Gasteiger partial charge in [-0.05, 0) is 36.8 Å². The van der Waals surface area contributed by atoms with Gasteiger partial charge >= 0.3 is 6.18 Å². The number of sulfonamides is 1. The molecule has 7 nitrogen and oxygen atoms in total. The second-order valence-electron chi connectivity index (χ2n) is 5.89. The number of hydrogen-bond acceptors (Lipinski definition) is 5. The number of aromatic nitrogens is 3. The molecule has 0 radical (unpaired) electrons. The van der Waals surface area contributed by atoms with Crippen LogP contribution in [0.3, 0.4) is 0 Å². The number of hydrogen-bond donors (Lipinski definition) is 3. The highest BCUT2D eigenvalue weighted by molar-refractivity contribution is 7.89. The van der Waals surface area contributed by atoms with Crippen LogP contribution in [-0.4, -0.2) is 41.1 Å². The zero-order chi connectivity index (χ0) is 19.8. The number of halogens is 3. The number of nitrogens with zero attached hydrogens (tertiary/aromatic N) is 2. The summed E-state index contributed by atoms with van der Waals surface area (Å²) in [7, 11) is -3.92. The lowest BCUT2D eigenvalue weighted by Crippen LogP contribution is -2.35. The van der Waals surface area contributed by atoms with E-state index in [-0.39, 0.29) is 22.7 Å². The maximum Gasteiger partial charge on any atom is 0.431 e. The van der Waals surface area contributed by atoms with Gasteiger partial charge in [-0.25, -0.2) is 23.1 Å². The van der Waals surface area contributed by atoms with Gasteiger partial charge in [0, 0.05) is 29.4 Å². The van der Waals surface area contributed by atoms with E-state index in [9.17, 15) is 21.6 Å². The fraction of sp³-hybridized carbons (Fsp3) is 0.250. The van der Waals surface area contributed by atoms with Crippen molar-refractivity contribution in [3.8, 4) is 11.1 Å². The zero-order valence-corrected chi connectivity index (χ0v) is 14.8. The Morgan fingerprint density at radius 2 is 2.00 bits per heavy atom. The van der Waals surface area contributed by atoms with E-state index >= 15 is 0 Å². The average Bonchev–Trinajstić information content (AvgIpc) is 3.06. The third-order valence-electron chi connectivity index (χ3n) is 3.79. The Morgan fingerprint density at radius 1 is 1.26 bits per heavy atom. The van der Waals surface area contributed by atoms with E-state index in [1.165, 1.54) is 37.5 Å². The zero-order valence-electron chi connectivity index (χ0n) is 13.9. The predicted octanol–water partition coefficient (Wildman–Crippen LogP) is 2.30. The van der Waals surface area contributed by atoms with Crippen LogP contribution in [0.5, 0.6) is 0 Å². The van der Waals surface area contributed by atoms with E-state index in [0.717, 1.165) is 6.07 Å². The summed E-state index contributed by atoms with van der Waals surface area (Å²) in [6, 6.07) is 4.48. The van der Waals surface area contributed by atoms with E-state index in [2.05, 4.69) is 19.7 Å². The molecule has 0 aliphatic carbocycles. The number of rotatable bonds is 5. The number of aliphatic hydroxyl groups excluding tert-OH is 1. The second kappa shape index (κ2) is 6.91. The van der Waals surface area contributed by atoms with Crippen molar-refractivity contribution in [1.82, 2.24) is 19.7 Å². The summed E-state index contributed by atoms with van der Waals surface area (Å²) in [5.74, 6) is 0. The summed E-state index contributed by atoms with van der Waals surface area (Å²) in [4.78, 5) is 10.0. The minimum absolute atomic E-state index is 0.0648. The number of alkyl halides is 3. The van der Waals surface area contributed by atoms with Gasteiger partial charge in [0.2, 0.25) is 0 Å². The molecule has 0 aromatic carbocycles. The van der Waals surface area contributed by atoms with Gasteiger partial charge < -0.3 is 10.1 Å². The van der Waals surface area contributed by atoms with E-state index in [4.69, 9.17) is 5.11 Å². The van der Waals surface area contributed by atoms with Crippen LogP contribution < -0.4 is 4.72 Å². The molecule has 1 atom stereocenters. The molecule has 3 aromatic heterocycles. The van der Waals surface area contributed by atoms with Gasteiger partial charge in [-0.2, -0.15) is 13.2 Å². The Kier molecular flexibility index (Phi) is 4.93. The summed E-state index contributed by atoms with van der Waals surface area (Å²) in [5, 5.41) is 8.94. The number of pyridine rings is 2. The quantitative estimate of drug-likeness (QED) is 0.609. The summed E-state index contributed by atoms with van der Waals surface area (Å²) in [5.41, 5.74) is 0.00548. The maximum atomic E-state index is 12.9. The Hall–Kier alpha value is -2.50. The molecule has 0 aliphatic heterocycles. The maximum absolute atomic E-state index is 12.9. The van der Waals surface area contributed by atoms with Crippen LogP contribution in [0, 0.1) is 0 Å². The van der Waals surface area contributed by atoms with Crippen molar-refractivity contribution in [1.29, 1.82) is 0 Å². The molecule has 3 heterocycles. The molecule has 1 unspecified atom stereocenters. The van der Waals surface area contributed by atoms with Crippen molar-refractivity contribution in [2.45, 2.75) is 24.2 Å². The lowest BCUT2D eigenvalue weighted by Gasteiger charge is -2.11. The van der Waals surface area contributed by atoms with Crippen LogP contribution in [0.1, 0.15) is 12.6 Å². The number of nitrogens with one attached hydrogen (secondary N) is 2. The van der Waals surface area contributed by atoms with Gasteiger partial charge in [0.1, 0.15) is 11.3 Å². The third-order valence-corrected chi connectivity index (χ3v) is 5.29. The number of aromatic amines is 1. The Morgan fingerprint density at radius 3 is 2.59 bits per heavy atom. The lowest BCUT2D eigenvalue weighted by molar-refractivity contribution is -0.140. The molecule has 0 spiro atoms.